The molecule has 0 aromatic heterocycles. The molecule has 0 unspecified atom stereocenters. The van der Waals surface area contributed by atoms with Gasteiger partial charge >= 0.3 is 0 Å². The summed E-state index contributed by atoms with van der Waals surface area (Å²) < 4.78 is 10.6. The summed E-state index contributed by atoms with van der Waals surface area (Å²) in [4.78, 5) is 0. The van der Waals surface area contributed by atoms with Crippen molar-refractivity contribution in [2.75, 3.05) is 26.9 Å². The van der Waals surface area contributed by atoms with Crippen LogP contribution in [0.25, 0.3) is 0 Å². The van der Waals surface area contributed by atoms with Crippen LogP contribution in [0.5, 0.6) is 0 Å². The number of methoxy groups -OCH3 is 1. The molecule has 1 saturated heterocycles. The van der Waals surface area contributed by atoms with Crippen molar-refractivity contribution in [3.8, 4) is 0 Å². The van der Waals surface area contributed by atoms with Crippen LogP contribution in [0.3, 0.4) is 0 Å². The van der Waals surface area contributed by atoms with Gasteiger partial charge in [-0.05, 0) is 18.8 Å². The van der Waals surface area contributed by atoms with E-state index in [-0.39, 0.29) is 0 Å². The molecular formula is C11H23NO2. The molecule has 14 heavy (non-hydrogen) atoms. The molecule has 84 valence electrons. The molecule has 0 saturated carbocycles. The van der Waals surface area contributed by atoms with E-state index in [0.717, 1.165) is 25.5 Å². The number of rotatable bonds is 6. The van der Waals surface area contributed by atoms with E-state index in [1.165, 1.54) is 6.42 Å². The minimum atomic E-state index is 0.397. The Balaban J connectivity index is 2.08. The van der Waals surface area contributed by atoms with Gasteiger partial charge in [0.1, 0.15) is 0 Å². The van der Waals surface area contributed by atoms with Crippen LogP contribution in [0.2, 0.25) is 0 Å². The van der Waals surface area contributed by atoms with Crippen molar-refractivity contribution in [2.45, 2.75) is 38.8 Å². The van der Waals surface area contributed by atoms with Gasteiger partial charge in [0.25, 0.3) is 0 Å². The van der Waals surface area contributed by atoms with Gasteiger partial charge in [-0.2, -0.15) is 0 Å². The van der Waals surface area contributed by atoms with Crippen LogP contribution in [0.1, 0.15) is 26.7 Å². The van der Waals surface area contributed by atoms with E-state index >= 15 is 0 Å². The molecule has 3 heteroatoms. The molecular weight excluding hydrogens is 178 g/mol. The molecule has 1 rings (SSSR count). The fourth-order valence-corrected chi connectivity index (χ4v) is 1.96. The van der Waals surface area contributed by atoms with Crippen LogP contribution < -0.4 is 5.32 Å². The average Bonchev–Trinajstić information content (AvgIpc) is 2.52. The molecule has 0 radical (unpaired) electrons. The van der Waals surface area contributed by atoms with Gasteiger partial charge in [0.15, 0.2) is 0 Å². The largest absolute Gasteiger partial charge is 0.382 e. The van der Waals surface area contributed by atoms with Crippen molar-refractivity contribution in [3.63, 3.8) is 0 Å². The summed E-state index contributed by atoms with van der Waals surface area (Å²) in [5.74, 6) is 0.769. The highest BCUT2D eigenvalue weighted by Crippen LogP contribution is 2.16. The molecule has 0 amide bonds. The predicted molar refractivity (Wildman–Crippen MR) is 57.5 cm³/mol. The second kappa shape index (κ2) is 6.38. The molecule has 1 aliphatic rings. The Bertz CT molecular complexity index is 150. The van der Waals surface area contributed by atoms with E-state index in [1.54, 1.807) is 7.11 Å². The van der Waals surface area contributed by atoms with Gasteiger partial charge in [-0.1, -0.05) is 13.8 Å². The van der Waals surface area contributed by atoms with Crippen molar-refractivity contribution in [1.82, 2.24) is 5.32 Å². The van der Waals surface area contributed by atoms with Crippen molar-refractivity contribution in [3.05, 3.63) is 0 Å². The second-order valence-corrected chi connectivity index (χ2v) is 4.46. The molecule has 0 aliphatic carbocycles. The third-order valence-electron chi connectivity index (χ3n) is 2.58. The van der Waals surface area contributed by atoms with Crippen molar-refractivity contribution >= 4 is 0 Å². The first kappa shape index (κ1) is 12.0. The van der Waals surface area contributed by atoms with Gasteiger partial charge in [-0.15, -0.1) is 0 Å². The number of hydrogen-bond acceptors (Lipinski definition) is 3. The Hall–Kier alpha value is -0.120. The predicted octanol–water partition coefficient (Wildman–Crippen LogP) is 1.43. The lowest BCUT2D eigenvalue weighted by molar-refractivity contribution is 0.0259. The summed E-state index contributed by atoms with van der Waals surface area (Å²) in [7, 11) is 1.71. The first-order chi connectivity index (χ1) is 6.72. The molecule has 1 N–H and O–H groups in total. The first-order valence-corrected chi connectivity index (χ1v) is 5.56. The molecule has 1 heterocycles. The smallest absolute Gasteiger partial charge is 0.0715 e. The normalized spacial score (nSPS) is 27.4. The summed E-state index contributed by atoms with van der Waals surface area (Å²) in [6, 6.07) is 0.655. The monoisotopic (exact) mass is 201 g/mol. The van der Waals surface area contributed by atoms with Gasteiger partial charge in [-0.25, -0.2) is 0 Å². The Morgan fingerprint density at radius 2 is 2.14 bits per heavy atom. The van der Waals surface area contributed by atoms with E-state index < -0.39 is 0 Å². The summed E-state index contributed by atoms with van der Waals surface area (Å²) in [6.07, 6.45) is 2.81. The lowest BCUT2D eigenvalue weighted by Crippen LogP contribution is -2.23. The molecule has 0 spiro atoms. The van der Waals surface area contributed by atoms with Crippen molar-refractivity contribution in [2.24, 2.45) is 5.92 Å². The maximum absolute atomic E-state index is 5.67. The standard InChI is InChI=1S/C11H23NO2/c1-9(2)6-10-7-11(8-12-10)14-5-4-13-3/h9-12H,4-8H2,1-3H3/t10-,11-/m1/s1. The first-order valence-electron chi connectivity index (χ1n) is 5.56. The van der Waals surface area contributed by atoms with Gasteiger partial charge in [0.2, 0.25) is 0 Å². The minimum Gasteiger partial charge on any atom is -0.382 e. The summed E-state index contributed by atoms with van der Waals surface area (Å²) in [6.45, 7) is 6.95. The fraction of sp³-hybridized carbons (Fsp3) is 1.00. The van der Waals surface area contributed by atoms with Crippen LogP contribution in [0.4, 0.5) is 0 Å². The highest BCUT2D eigenvalue weighted by Gasteiger charge is 2.24. The van der Waals surface area contributed by atoms with E-state index in [4.69, 9.17) is 9.47 Å². The van der Waals surface area contributed by atoms with Crippen LogP contribution in [-0.4, -0.2) is 39.0 Å². The topological polar surface area (TPSA) is 30.5 Å². The van der Waals surface area contributed by atoms with E-state index in [1.807, 2.05) is 0 Å². The highest BCUT2D eigenvalue weighted by atomic mass is 16.5. The van der Waals surface area contributed by atoms with Crippen LogP contribution in [0.15, 0.2) is 0 Å². The lowest BCUT2D eigenvalue weighted by atomic mass is 10.0. The highest BCUT2D eigenvalue weighted by molar-refractivity contribution is 4.82. The Morgan fingerprint density at radius 1 is 1.36 bits per heavy atom. The summed E-state index contributed by atoms with van der Waals surface area (Å²) >= 11 is 0. The maximum atomic E-state index is 5.67. The SMILES string of the molecule is COCCO[C@H]1CN[C@H](CC(C)C)C1. The summed E-state index contributed by atoms with van der Waals surface area (Å²) in [5, 5.41) is 3.50. The molecule has 0 aromatic carbocycles. The zero-order valence-corrected chi connectivity index (χ0v) is 9.58. The number of hydrogen-bond donors (Lipinski definition) is 1. The number of nitrogens with one attached hydrogen (secondary N) is 1. The summed E-state index contributed by atoms with van der Waals surface area (Å²) in [5.41, 5.74) is 0. The van der Waals surface area contributed by atoms with E-state index in [9.17, 15) is 0 Å². The molecule has 2 atom stereocenters. The zero-order chi connectivity index (χ0) is 10.4. The third kappa shape index (κ3) is 4.40. The average molecular weight is 201 g/mol. The van der Waals surface area contributed by atoms with Gasteiger partial charge in [0, 0.05) is 19.7 Å². The maximum Gasteiger partial charge on any atom is 0.0715 e. The van der Waals surface area contributed by atoms with Crippen LogP contribution in [-0.2, 0) is 9.47 Å². The van der Waals surface area contributed by atoms with Crippen molar-refractivity contribution in [1.29, 1.82) is 0 Å². The zero-order valence-electron chi connectivity index (χ0n) is 9.58. The molecule has 1 fully saturated rings. The molecule has 0 aromatic rings. The van der Waals surface area contributed by atoms with Gasteiger partial charge < -0.3 is 14.8 Å². The van der Waals surface area contributed by atoms with Crippen molar-refractivity contribution < 1.29 is 9.47 Å². The fourth-order valence-electron chi connectivity index (χ4n) is 1.96. The second-order valence-electron chi connectivity index (χ2n) is 4.46. The third-order valence-corrected chi connectivity index (χ3v) is 2.58. The molecule has 1 aliphatic heterocycles. The lowest BCUT2D eigenvalue weighted by Gasteiger charge is -2.13. The Morgan fingerprint density at radius 3 is 2.79 bits per heavy atom. The quantitative estimate of drug-likeness (QED) is 0.659. The van der Waals surface area contributed by atoms with Crippen LogP contribution >= 0.6 is 0 Å². The van der Waals surface area contributed by atoms with Gasteiger partial charge in [0.05, 0.1) is 19.3 Å². The minimum absolute atomic E-state index is 0.397. The number of ether oxygens (including phenoxy) is 2. The Kier molecular flexibility index (Phi) is 5.45. The van der Waals surface area contributed by atoms with Gasteiger partial charge in [-0.3, -0.25) is 0 Å². The van der Waals surface area contributed by atoms with Crippen LogP contribution in [0, 0.1) is 5.92 Å². The van der Waals surface area contributed by atoms with E-state index in [0.29, 0.717) is 18.8 Å². The Labute approximate surface area is 87.2 Å². The molecule has 3 nitrogen and oxygen atoms in total. The van der Waals surface area contributed by atoms with E-state index in [2.05, 4.69) is 19.2 Å². The molecule has 0 bridgehead atoms.